The van der Waals surface area contributed by atoms with Crippen molar-refractivity contribution in [3.63, 3.8) is 0 Å². The van der Waals surface area contributed by atoms with Gasteiger partial charge in [0.15, 0.2) is 5.65 Å². The minimum Gasteiger partial charge on any atom is -0.320 e. The number of imidazole rings is 1. The molecule has 0 spiro atoms. The van der Waals surface area contributed by atoms with Crippen LogP contribution in [0.5, 0.6) is 0 Å². The lowest BCUT2D eigenvalue weighted by atomic mass is 10.3. The number of hydrogen-bond acceptors (Lipinski definition) is 4. The Bertz CT molecular complexity index is 1130. The Morgan fingerprint density at radius 1 is 0.913 bits per heavy atom. The zero-order valence-electron chi connectivity index (χ0n) is 12.2. The summed E-state index contributed by atoms with van der Waals surface area (Å²) in [6.45, 7) is 0.730. The fourth-order valence-corrected chi connectivity index (χ4v) is 3.09. The highest BCUT2D eigenvalue weighted by molar-refractivity contribution is 6.05. The van der Waals surface area contributed by atoms with Gasteiger partial charge >= 0.3 is 0 Å². The molecule has 110 valence electrons. The minimum atomic E-state index is 0.730. The van der Waals surface area contributed by atoms with Crippen LogP contribution in [0.4, 0.5) is 0 Å². The molecule has 0 atom stereocenters. The topological polar surface area (TPSA) is 60.9 Å². The molecule has 0 unspecified atom stereocenters. The molecule has 0 aliphatic carbocycles. The van der Waals surface area contributed by atoms with Crippen LogP contribution in [-0.4, -0.2) is 28.9 Å². The van der Waals surface area contributed by atoms with E-state index in [0.29, 0.717) is 0 Å². The first-order valence-corrected chi connectivity index (χ1v) is 7.35. The van der Waals surface area contributed by atoms with E-state index < -0.39 is 0 Å². The lowest BCUT2D eigenvalue weighted by Crippen LogP contribution is -2.02. The van der Waals surface area contributed by atoms with Crippen molar-refractivity contribution in [2.24, 2.45) is 0 Å². The van der Waals surface area contributed by atoms with E-state index in [-0.39, 0.29) is 0 Å². The third-order valence-electron chi connectivity index (χ3n) is 4.07. The highest BCUT2D eigenvalue weighted by atomic mass is 15.2. The number of pyridine rings is 2. The van der Waals surface area contributed by atoms with E-state index in [1.54, 1.807) is 18.6 Å². The van der Waals surface area contributed by atoms with E-state index in [9.17, 15) is 0 Å². The second-order valence-electron chi connectivity index (χ2n) is 5.43. The van der Waals surface area contributed by atoms with E-state index in [1.807, 2.05) is 36.9 Å². The van der Waals surface area contributed by atoms with Gasteiger partial charge in [-0.3, -0.25) is 19.4 Å². The average molecular weight is 300 g/mol. The maximum absolute atomic E-state index is 4.73. The molecule has 0 saturated carbocycles. The largest absolute Gasteiger partial charge is 0.320 e. The van der Waals surface area contributed by atoms with Gasteiger partial charge in [0.1, 0.15) is 11.2 Å². The molecule has 6 heteroatoms. The zero-order chi connectivity index (χ0) is 15.2. The maximum Gasteiger partial charge on any atom is 0.157 e. The van der Waals surface area contributed by atoms with Crippen LogP contribution >= 0.6 is 0 Å². The summed E-state index contributed by atoms with van der Waals surface area (Å²) in [7, 11) is 0. The predicted molar refractivity (Wildman–Crippen MR) is 87.1 cm³/mol. The molecule has 0 saturated heterocycles. The maximum atomic E-state index is 4.73. The molecule has 0 aliphatic heterocycles. The van der Waals surface area contributed by atoms with E-state index >= 15 is 0 Å². The van der Waals surface area contributed by atoms with Crippen LogP contribution in [-0.2, 0) is 6.54 Å². The van der Waals surface area contributed by atoms with Crippen LogP contribution in [0.2, 0.25) is 0 Å². The molecule has 23 heavy (non-hydrogen) atoms. The van der Waals surface area contributed by atoms with Gasteiger partial charge in [0.05, 0.1) is 18.3 Å². The smallest absolute Gasteiger partial charge is 0.157 e. The standard InChI is InChI=1S/C17H12N6/c1-2-12(8-18-4-1)11-23-14-3-5-19-9-13(14)16-17(23)22-7-6-20-10-15(22)21-16/h1-10H,11H2. The highest BCUT2D eigenvalue weighted by Gasteiger charge is 2.16. The molecule has 5 aromatic heterocycles. The van der Waals surface area contributed by atoms with Crippen LogP contribution in [0.25, 0.3) is 27.7 Å². The quantitative estimate of drug-likeness (QED) is 0.503. The van der Waals surface area contributed by atoms with Gasteiger partial charge in [0, 0.05) is 42.6 Å². The van der Waals surface area contributed by atoms with Crippen molar-refractivity contribution < 1.29 is 0 Å². The fourth-order valence-electron chi connectivity index (χ4n) is 3.09. The van der Waals surface area contributed by atoms with Crippen molar-refractivity contribution in [3.8, 4) is 0 Å². The summed E-state index contributed by atoms with van der Waals surface area (Å²) in [6.07, 6.45) is 12.9. The number of rotatable bonds is 2. The molecule has 0 bridgehead atoms. The van der Waals surface area contributed by atoms with Gasteiger partial charge in [0.25, 0.3) is 0 Å². The molecule has 5 rings (SSSR count). The van der Waals surface area contributed by atoms with E-state index in [4.69, 9.17) is 4.98 Å². The summed E-state index contributed by atoms with van der Waals surface area (Å²) < 4.78 is 4.32. The number of hydrogen-bond donors (Lipinski definition) is 0. The van der Waals surface area contributed by atoms with E-state index in [1.165, 1.54) is 0 Å². The minimum absolute atomic E-state index is 0.730. The van der Waals surface area contributed by atoms with Crippen LogP contribution in [0.15, 0.2) is 61.6 Å². The van der Waals surface area contributed by atoms with Gasteiger partial charge in [-0.1, -0.05) is 6.07 Å². The molecule has 0 N–H and O–H groups in total. The Hall–Kier alpha value is -3.28. The van der Waals surface area contributed by atoms with Gasteiger partial charge < -0.3 is 4.57 Å². The highest BCUT2D eigenvalue weighted by Crippen LogP contribution is 2.29. The van der Waals surface area contributed by atoms with Crippen LogP contribution < -0.4 is 0 Å². The molecular weight excluding hydrogens is 288 g/mol. The lowest BCUT2D eigenvalue weighted by Gasteiger charge is -2.07. The van der Waals surface area contributed by atoms with Crippen LogP contribution in [0.3, 0.4) is 0 Å². The summed E-state index contributed by atoms with van der Waals surface area (Å²) in [6, 6.07) is 6.07. The van der Waals surface area contributed by atoms with Crippen molar-refractivity contribution in [1.29, 1.82) is 0 Å². The molecule has 0 aromatic carbocycles. The average Bonchev–Trinajstić information content (AvgIpc) is 3.12. The molecule has 5 heterocycles. The van der Waals surface area contributed by atoms with Crippen LogP contribution in [0.1, 0.15) is 5.56 Å². The molecule has 0 aliphatic rings. The number of nitrogens with zero attached hydrogens (tertiary/aromatic N) is 6. The molecular formula is C17H12N6. The normalized spacial score (nSPS) is 11.7. The Kier molecular flexibility index (Phi) is 2.46. The summed E-state index contributed by atoms with van der Waals surface area (Å²) in [5.41, 5.74) is 5.10. The van der Waals surface area contributed by atoms with Crippen molar-refractivity contribution in [2.45, 2.75) is 6.54 Å². The number of aromatic nitrogens is 6. The summed E-state index contributed by atoms with van der Waals surface area (Å²) in [5.74, 6) is 0. The third-order valence-corrected chi connectivity index (χ3v) is 4.07. The van der Waals surface area contributed by atoms with Crippen molar-refractivity contribution in [3.05, 3.63) is 67.1 Å². The van der Waals surface area contributed by atoms with E-state index in [2.05, 4.69) is 30.0 Å². The van der Waals surface area contributed by atoms with Crippen molar-refractivity contribution >= 4 is 27.7 Å². The lowest BCUT2D eigenvalue weighted by molar-refractivity contribution is 0.843. The molecule has 0 fully saturated rings. The first-order valence-electron chi connectivity index (χ1n) is 7.35. The molecule has 6 nitrogen and oxygen atoms in total. The fraction of sp³-hybridized carbons (Fsp3) is 0.0588. The predicted octanol–water partition coefficient (Wildman–Crippen LogP) is 2.68. The van der Waals surface area contributed by atoms with Gasteiger partial charge in [-0.15, -0.1) is 0 Å². The molecule has 5 aromatic rings. The number of fused-ring (bicyclic) bond motifs is 5. The van der Waals surface area contributed by atoms with Gasteiger partial charge in [-0.05, 0) is 17.7 Å². The summed E-state index contributed by atoms with van der Waals surface area (Å²) in [5, 5.41) is 1.05. The first-order chi connectivity index (χ1) is 11.4. The molecule has 0 radical (unpaired) electrons. The second kappa shape index (κ2) is 4.61. The van der Waals surface area contributed by atoms with Gasteiger partial charge in [0.2, 0.25) is 0 Å². The Labute approximate surface area is 131 Å². The SMILES string of the molecule is c1cncc(Cn2c3ccncc3c3nc4cnccn4c32)c1. The van der Waals surface area contributed by atoms with E-state index in [0.717, 1.165) is 39.8 Å². The summed E-state index contributed by atoms with van der Waals surface area (Å²) >= 11 is 0. The molecule has 0 amide bonds. The van der Waals surface area contributed by atoms with Gasteiger partial charge in [-0.25, -0.2) is 4.98 Å². The Morgan fingerprint density at radius 3 is 2.74 bits per heavy atom. The van der Waals surface area contributed by atoms with Crippen molar-refractivity contribution in [1.82, 2.24) is 28.9 Å². The second-order valence-corrected chi connectivity index (χ2v) is 5.43. The van der Waals surface area contributed by atoms with Gasteiger partial charge in [-0.2, -0.15) is 0 Å². The Balaban J connectivity index is 1.90. The third kappa shape index (κ3) is 1.75. The Morgan fingerprint density at radius 2 is 1.83 bits per heavy atom. The monoisotopic (exact) mass is 300 g/mol. The first kappa shape index (κ1) is 12.3. The zero-order valence-corrected chi connectivity index (χ0v) is 12.2. The van der Waals surface area contributed by atoms with Crippen LogP contribution in [0, 0.1) is 0 Å². The summed E-state index contributed by atoms with van der Waals surface area (Å²) in [4.78, 5) is 17.4. The van der Waals surface area contributed by atoms with Crippen molar-refractivity contribution in [2.75, 3.05) is 0 Å².